The zero-order chi connectivity index (χ0) is 13.8. The Balaban J connectivity index is 2.17. The number of nitrogens with one attached hydrogen (secondary N) is 1. The molecule has 0 radical (unpaired) electrons. The van der Waals surface area contributed by atoms with Crippen LogP contribution in [0.25, 0.3) is 10.2 Å². The molecule has 0 amide bonds. The summed E-state index contributed by atoms with van der Waals surface area (Å²) in [5, 5.41) is 14.3. The van der Waals surface area contributed by atoms with Crippen LogP contribution in [0.15, 0.2) is 17.6 Å². The standard InChI is InChI=1S/C12H15N3O3S/c1-8(2)13-5-6-18-9-3-4-10-11(14-7-19-10)12(9)15(16)17/h3-4,7-8,13H,5-6H2,1-2H3. The Morgan fingerprint density at radius 1 is 1.53 bits per heavy atom. The SMILES string of the molecule is CC(C)NCCOc1ccc2scnc2c1[N+](=O)[O-]. The average molecular weight is 281 g/mol. The van der Waals surface area contributed by atoms with Gasteiger partial charge in [-0.2, -0.15) is 0 Å². The Labute approximate surface area is 114 Å². The topological polar surface area (TPSA) is 77.3 Å². The fourth-order valence-corrected chi connectivity index (χ4v) is 2.38. The maximum Gasteiger partial charge on any atom is 0.337 e. The van der Waals surface area contributed by atoms with Crippen molar-refractivity contribution in [2.75, 3.05) is 13.2 Å². The molecule has 0 aliphatic carbocycles. The number of aromatic nitrogens is 1. The van der Waals surface area contributed by atoms with Gasteiger partial charge in [0.05, 0.1) is 15.1 Å². The van der Waals surface area contributed by atoms with E-state index in [0.717, 1.165) is 4.70 Å². The summed E-state index contributed by atoms with van der Waals surface area (Å²) in [5.41, 5.74) is 1.94. The third kappa shape index (κ3) is 3.18. The van der Waals surface area contributed by atoms with E-state index in [1.54, 1.807) is 17.6 Å². The third-order valence-corrected chi connectivity index (χ3v) is 3.33. The van der Waals surface area contributed by atoms with Crippen LogP contribution in [0.1, 0.15) is 13.8 Å². The van der Waals surface area contributed by atoms with E-state index in [2.05, 4.69) is 10.3 Å². The van der Waals surface area contributed by atoms with E-state index in [1.165, 1.54) is 11.3 Å². The van der Waals surface area contributed by atoms with E-state index < -0.39 is 4.92 Å². The summed E-state index contributed by atoms with van der Waals surface area (Å²) >= 11 is 1.38. The molecule has 1 heterocycles. The second kappa shape index (κ2) is 5.94. The number of fused-ring (bicyclic) bond motifs is 1. The number of hydrogen-bond acceptors (Lipinski definition) is 6. The molecule has 0 aliphatic rings. The first kappa shape index (κ1) is 13.7. The highest BCUT2D eigenvalue weighted by atomic mass is 32.1. The summed E-state index contributed by atoms with van der Waals surface area (Å²) < 4.78 is 6.28. The van der Waals surface area contributed by atoms with Gasteiger partial charge in [-0.05, 0) is 12.1 Å². The van der Waals surface area contributed by atoms with Gasteiger partial charge in [0.1, 0.15) is 6.61 Å². The Bertz CT molecular complexity index is 583. The maximum atomic E-state index is 11.1. The van der Waals surface area contributed by atoms with Crippen LogP contribution in [-0.4, -0.2) is 29.1 Å². The van der Waals surface area contributed by atoms with Gasteiger partial charge in [-0.1, -0.05) is 13.8 Å². The minimum atomic E-state index is -0.437. The first-order valence-electron chi connectivity index (χ1n) is 5.96. The summed E-state index contributed by atoms with van der Waals surface area (Å²) in [7, 11) is 0. The zero-order valence-electron chi connectivity index (χ0n) is 10.8. The van der Waals surface area contributed by atoms with Crippen molar-refractivity contribution in [1.29, 1.82) is 0 Å². The van der Waals surface area contributed by atoms with Crippen molar-refractivity contribution in [2.24, 2.45) is 0 Å². The molecule has 0 atom stereocenters. The van der Waals surface area contributed by atoms with Gasteiger partial charge in [0, 0.05) is 12.6 Å². The molecule has 1 aromatic carbocycles. The van der Waals surface area contributed by atoms with Crippen LogP contribution in [0.2, 0.25) is 0 Å². The monoisotopic (exact) mass is 281 g/mol. The number of nitro benzene ring substituents is 1. The number of ether oxygens (including phenoxy) is 1. The van der Waals surface area contributed by atoms with Crippen LogP contribution in [0.4, 0.5) is 5.69 Å². The van der Waals surface area contributed by atoms with Crippen molar-refractivity contribution in [1.82, 2.24) is 10.3 Å². The zero-order valence-corrected chi connectivity index (χ0v) is 11.6. The first-order valence-corrected chi connectivity index (χ1v) is 6.84. The van der Waals surface area contributed by atoms with Crippen molar-refractivity contribution in [3.05, 3.63) is 27.8 Å². The Kier molecular flexibility index (Phi) is 4.28. The molecule has 2 aromatic rings. The van der Waals surface area contributed by atoms with Crippen LogP contribution >= 0.6 is 11.3 Å². The van der Waals surface area contributed by atoms with Crippen LogP contribution in [-0.2, 0) is 0 Å². The van der Waals surface area contributed by atoms with E-state index in [0.29, 0.717) is 24.7 Å². The molecule has 19 heavy (non-hydrogen) atoms. The summed E-state index contributed by atoms with van der Waals surface area (Å²) in [4.78, 5) is 14.8. The first-order chi connectivity index (χ1) is 9.09. The maximum absolute atomic E-state index is 11.1. The number of nitro groups is 1. The van der Waals surface area contributed by atoms with Crippen LogP contribution < -0.4 is 10.1 Å². The van der Waals surface area contributed by atoms with Gasteiger partial charge in [0.2, 0.25) is 0 Å². The molecule has 0 aliphatic heterocycles. The van der Waals surface area contributed by atoms with E-state index in [4.69, 9.17) is 4.74 Å². The molecule has 1 N–H and O–H groups in total. The van der Waals surface area contributed by atoms with Gasteiger partial charge in [-0.15, -0.1) is 11.3 Å². The molecule has 0 unspecified atom stereocenters. The molecule has 0 saturated heterocycles. The number of nitrogens with zero attached hydrogens (tertiary/aromatic N) is 2. The summed E-state index contributed by atoms with van der Waals surface area (Å²) in [6, 6.07) is 3.79. The van der Waals surface area contributed by atoms with Crippen molar-refractivity contribution in [3.63, 3.8) is 0 Å². The molecule has 0 bridgehead atoms. The fourth-order valence-electron chi connectivity index (χ4n) is 1.70. The number of rotatable bonds is 6. The normalized spacial score (nSPS) is 11.1. The van der Waals surface area contributed by atoms with E-state index in [9.17, 15) is 10.1 Å². The summed E-state index contributed by atoms with van der Waals surface area (Å²) in [5.74, 6) is 0.272. The van der Waals surface area contributed by atoms with Gasteiger partial charge < -0.3 is 10.1 Å². The van der Waals surface area contributed by atoms with Gasteiger partial charge >= 0.3 is 5.69 Å². The van der Waals surface area contributed by atoms with Crippen LogP contribution in [0, 0.1) is 10.1 Å². The van der Waals surface area contributed by atoms with E-state index in [1.807, 2.05) is 13.8 Å². The largest absolute Gasteiger partial charge is 0.485 e. The van der Waals surface area contributed by atoms with Gasteiger partial charge in [0.25, 0.3) is 0 Å². The second-order valence-corrected chi connectivity index (χ2v) is 5.21. The molecule has 0 fully saturated rings. The van der Waals surface area contributed by atoms with Crippen molar-refractivity contribution >= 4 is 27.2 Å². The average Bonchev–Trinajstić information content (AvgIpc) is 2.81. The molecule has 1 aromatic heterocycles. The lowest BCUT2D eigenvalue weighted by atomic mass is 10.2. The Hall–Kier alpha value is -1.73. The Morgan fingerprint density at radius 3 is 3.00 bits per heavy atom. The number of thiazole rings is 1. The highest BCUT2D eigenvalue weighted by molar-refractivity contribution is 7.16. The summed E-state index contributed by atoms with van der Waals surface area (Å²) in [6.07, 6.45) is 0. The highest BCUT2D eigenvalue weighted by Gasteiger charge is 2.21. The number of hydrogen-bond donors (Lipinski definition) is 1. The molecule has 2 rings (SSSR count). The van der Waals surface area contributed by atoms with E-state index in [-0.39, 0.29) is 11.4 Å². The quantitative estimate of drug-likeness (QED) is 0.500. The predicted molar refractivity (Wildman–Crippen MR) is 74.9 cm³/mol. The molecule has 102 valence electrons. The third-order valence-electron chi connectivity index (χ3n) is 2.53. The molecule has 6 nitrogen and oxygen atoms in total. The molecular formula is C12H15N3O3S. The summed E-state index contributed by atoms with van der Waals surface area (Å²) in [6.45, 7) is 5.09. The van der Waals surface area contributed by atoms with Gasteiger partial charge in [-0.3, -0.25) is 10.1 Å². The van der Waals surface area contributed by atoms with Gasteiger partial charge in [-0.25, -0.2) is 4.98 Å². The fraction of sp³-hybridized carbons (Fsp3) is 0.417. The highest BCUT2D eigenvalue weighted by Crippen LogP contribution is 2.35. The van der Waals surface area contributed by atoms with Crippen molar-refractivity contribution in [3.8, 4) is 5.75 Å². The van der Waals surface area contributed by atoms with Crippen molar-refractivity contribution < 1.29 is 9.66 Å². The molecular weight excluding hydrogens is 266 g/mol. The molecule has 7 heteroatoms. The minimum absolute atomic E-state index is 0.0525. The second-order valence-electron chi connectivity index (χ2n) is 4.33. The predicted octanol–water partition coefficient (Wildman–Crippen LogP) is 2.58. The Morgan fingerprint density at radius 2 is 2.32 bits per heavy atom. The number of benzene rings is 1. The lowest BCUT2D eigenvalue weighted by Gasteiger charge is -2.09. The lowest BCUT2D eigenvalue weighted by molar-refractivity contribution is -0.384. The van der Waals surface area contributed by atoms with Crippen LogP contribution in [0.3, 0.4) is 0 Å². The van der Waals surface area contributed by atoms with Crippen LogP contribution in [0.5, 0.6) is 5.75 Å². The smallest absolute Gasteiger partial charge is 0.337 e. The van der Waals surface area contributed by atoms with E-state index >= 15 is 0 Å². The minimum Gasteiger partial charge on any atom is -0.485 e. The molecule has 0 saturated carbocycles. The van der Waals surface area contributed by atoms with Gasteiger partial charge in [0.15, 0.2) is 11.3 Å². The molecule has 0 spiro atoms. The lowest BCUT2D eigenvalue weighted by Crippen LogP contribution is -2.27. The van der Waals surface area contributed by atoms with Crippen molar-refractivity contribution in [2.45, 2.75) is 19.9 Å².